The number of aliphatic carboxylic acids is 1. The molecule has 0 aliphatic rings. The third-order valence-corrected chi connectivity index (χ3v) is 6.09. The Labute approximate surface area is 266 Å². The summed E-state index contributed by atoms with van der Waals surface area (Å²) in [7, 11) is 0. The van der Waals surface area contributed by atoms with Crippen molar-refractivity contribution in [1.29, 1.82) is 0 Å². The Bertz CT molecular complexity index is 1110. The van der Waals surface area contributed by atoms with Gasteiger partial charge in [0, 0.05) is 32.4 Å². The Morgan fingerprint density at radius 1 is 0.604 bits per heavy atom. The molecule has 0 aliphatic carbocycles. The van der Waals surface area contributed by atoms with E-state index in [9.17, 15) is 85.1 Å². The average molecular weight is 713 g/mol. The molecule has 274 valence electrons. The molecule has 0 radical (unpaired) electrons. The van der Waals surface area contributed by atoms with Crippen molar-refractivity contribution >= 4 is 46.9 Å². The lowest BCUT2D eigenvalue weighted by Gasteiger charge is -2.25. The van der Waals surface area contributed by atoms with Gasteiger partial charge in [-0.1, -0.05) is 0 Å². The van der Waals surface area contributed by atoms with Crippen LogP contribution in [-0.4, -0.2) is 134 Å². The molecule has 9 N–H and O–H groups in total. The van der Waals surface area contributed by atoms with E-state index in [4.69, 9.17) is 5.11 Å². The number of carboxylic acid groups (broad SMARTS) is 1. The van der Waals surface area contributed by atoms with Gasteiger partial charge in [-0.15, -0.1) is 0 Å². The minimum absolute atomic E-state index is 0.296. The van der Waals surface area contributed by atoms with Gasteiger partial charge in [-0.3, -0.25) is 38.4 Å². The van der Waals surface area contributed by atoms with Crippen molar-refractivity contribution < 1.29 is 90.2 Å². The van der Waals surface area contributed by atoms with Crippen LogP contribution in [0.15, 0.2) is 0 Å². The molecule has 0 aromatic rings. The summed E-state index contributed by atoms with van der Waals surface area (Å²) in [5.41, 5.74) is 0. The molecule has 0 fully saturated rings. The maximum Gasteiger partial charge on any atom is 0.471 e. The first kappa shape index (κ1) is 43.8. The minimum atomic E-state index is -5.42. The van der Waals surface area contributed by atoms with Gasteiger partial charge in [0.1, 0.15) is 30.1 Å². The fourth-order valence-electron chi connectivity index (χ4n) is 3.61. The molecule has 2 unspecified atom stereocenters. The number of carbonyl (C=O) groups excluding carboxylic acids is 7. The van der Waals surface area contributed by atoms with E-state index in [2.05, 4.69) is 0 Å². The number of carboxylic acids is 1. The van der Waals surface area contributed by atoms with Crippen LogP contribution >= 0.6 is 0 Å². The van der Waals surface area contributed by atoms with E-state index in [1.54, 1.807) is 0 Å². The van der Waals surface area contributed by atoms with Crippen molar-refractivity contribution in [3.63, 3.8) is 0 Å². The molecule has 0 aliphatic heterocycles. The van der Waals surface area contributed by atoms with Gasteiger partial charge in [-0.25, -0.2) is 0 Å². The summed E-state index contributed by atoms with van der Waals surface area (Å²) in [5, 5.41) is 55.3. The quantitative estimate of drug-likeness (QED) is 0.0422. The zero-order chi connectivity index (χ0) is 37.6. The molecular weight excluding hydrogens is 678 g/mol. The molecule has 6 atom stereocenters. The molecule has 0 aromatic heterocycles. The fraction of sp³-hybridized carbons (Fsp3) is 0.680. The van der Waals surface area contributed by atoms with Crippen LogP contribution in [0.4, 0.5) is 26.3 Å². The van der Waals surface area contributed by atoms with Crippen molar-refractivity contribution in [1.82, 2.24) is 21.3 Å². The monoisotopic (exact) mass is 712 g/mol. The van der Waals surface area contributed by atoms with Crippen LogP contribution in [0.3, 0.4) is 0 Å². The molecule has 0 rings (SSSR count). The Morgan fingerprint density at radius 2 is 1.02 bits per heavy atom. The maximum absolute atomic E-state index is 12.5. The van der Waals surface area contributed by atoms with Crippen LogP contribution in [0.5, 0.6) is 0 Å². The van der Waals surface area contributed by atoms with Gasteiger partial charge in [-0.05, 0) is 19.8 Å². The molecule has 48 heavy (non-hydrogen) atoms. The van der Waals surface area contributed by atoms with Crippen LogP contribution in [0.1, 0.15) is 45.4 Å². The number of hydrogen-bond acceptors (Lipinski definition) is 12. The SMILES string of the molecule is CC(=O)CC(NC(=O)C(F)(F)F)C(=O)CCCNC(=O)[C@H](O)[C@@H](O)[C@@H](O)[C@H](O)C(=O)CCCNC(=O)C(CC(=O)O)NC(=O)C(F)(F)F. The molecule has 0 saturated carbocycles. The largest absolute Gasteiger partial charge is 0.481 e. The van der Waals surface area contributed by atoms with Crippen molar-refractivity contribution in [2.75, 3.05) is 13.1 Å². The van der Waals surface area contributed by atoms with Gasteiger partial charge in [0.05, 0.1) is 12.5 Å². The molecular formula is C25H34F6N4O13. The second-order valence-electron chi connectivity index (χ2n) is 10.1. The number of hydrogen-bond donors (Lipinski definition) is 9. The van der Waals surface area contributed by atoms with Gasteiger partial charge in [-0.2, -0.15) is 26.3 Å². The smallest absolute Gasteiger partial charge is 0.471 e. The lowest BCUT2D eigenvalue weighted by molar-refractivity contribution is -0.175. The molecule has 0 saturated heterocycles. The highest BCUT2D eigenvalue weighted by atomic mass is 19.4. The van der Waals surface area contributed by atoms with Crippen molar-refractivity contribution in [2.24, 2.45) is 0 Å². The number of rotatable bonds is 21. The summed E-state index contributed by atoms with van der Waals surface area (Å²) in [5.74, 6) is -12.5. The number of halogens is 6. The first-order valence-corrected chi connectivity index (χ1v) is 13.7. The Morgan fingerprint density at radius 3 is 1.46 bits per heavy atom. The lowest BCUT2D eigenvalue weighted by atomic mass is 9.97. The molecule has 0 heterocycles. The van der Waals surface area contributed by atoms with E-state index in [1.165, 1.54) is 10.6 Å². The number of aliphatic hydroxyl groups is 4. The van der Waals surface area contributed by atoms with E-state index in [0.717, 1.165) is 6.92 Å². The third kappa shape index (κ3) is 16.1. The normalized spacial score (nSPS) is 15.5. The summed E-state index contributed by atoms with van der Waals surface area (Å²) >= 11 is 0. The number of aliphatic hydroxyl groups excluding tert-OH is 4. The third-order valence-electron chi connectivity index (χ3n) is 6.09. The van der Waals surface area contributed by atoms with E-state index >= 15 is 0 Å². The van der Waals surface area contributed by atoms with Crippen LogP contribution in [0.2, 0.25) is 0 Å². The van der Waals surface area contributed by atoms with E-state index in [-0.39, 0.29) is 12.8 Å². The molecule has 23 heteroatoms. The van der Waals surface area contributed by atoms with E-state index in [0.29, 0.717) is 0 Å². The average Bonchev–Trinajstić information content (AvgIpc) is 2.97. The minimum Gasteiger partial charge on any atom is -0.481 e. The number of alkyl halides is 6. The molecule has 0 spiro atoms. The summed E-state index contributed by atoms with van der Waals surface area (Å²) in [6.45, 7) is 0.000816. The van der Waals surface area contributed by atoms with E-state index < -0.39 is 135 Å². The van der Waals surface area contributed by atoms with Gasteiger partial charge in [0.15, 0.2) is 17.7 Å². The first-order valence-electron chi connectivity index (χ1n) is 13.7. The molecule has 4 amide bonds. The van der Waals surface area contributed by atoms with Crippen molar-refractivity contribution in [3.8, 4) is 0 Å². The highest BCUT2D eigenvalue weighted by molar-refractivity contribution is 5.94. The lowest BCUT2D eigenvalue weighted by Crippen LogP contribution is -2.53. The van der Waals surface area contributed by atoms with Crippen molar-refractivity contribution in [3.05, 3.63) is 0 Å². The number of Topliss-reactive ketones (excluding diaryl/α,β-unsaturated/α-hetero) is 3. The predicted molar refractivity (Wildman–Crippen MR) is 142 cm³/mol. The summed E-state index contributed by atoms with van der Waals surface area (Å²) < 4.78 is 74.7. The zero-order valence-electron chi connectivity index (χ0n) is 24.9. The molecule has 17 nitrogen and oxygen atoms in total. The van der Waals surface area contributed by atoms with Crippen LogP contribution in [0, 0.1) is 0 Å². The van der Waals surface area contributed by atoms with Gasteiger partial charge in [0.25, 0.3) is 5.91 Å². The van der Waals surface area contributed by atoms with Gasteiger partial charge >= 0.3 is 30.1 Å². The predicted octanol–water partition coefficient (Wildman–Crippen LogP) is -3.09. The fourth-order valence-corrected chi connectivity index (χ4v) is 3.61. The summed E-state index contributed by atoms with van der Waals surface area (Å²) in [4.78, 5) is 92.7. The number of nitrogens with one attached hydrogen (secondary N) is 4. The van der Waals surface area contributed by atoms with Gasteiger partial charge < -0.3 is 46.8 Å². The standard InChI is InChI=1S/C25H34F6N4O13/c1-10(36)8-11(34-22(47)24(26,27)28)13(37)4-2-7-33-21(46)19(44)18(43)17(42)16(41)14(38)5-3-6-32-20(45)12(9-15(39)40)35-23(48)25(29,30)31/h11-12,16-19,41-44H,2-9H2,1H3,(H,32,45)(H,33,46)(H,34,47)(H,35,48)(H,39,40)/t11?,12?,16-,17+,18+,19-/m1/s1. The van der Waals surface area contributed by atoms with E-state index in [1.807, 2.05) is 10.6 Å². The summed E-state index contributed by atoms with van der Waals surface area (Å²) in [6.07, 6.45) is -24.5. The first-order chi connectivity index (χ1) is 21.9. The zero-order valence-corrected chi connectivity index (χ0v) is 24.9. The number of carbonyl (C=O) groups is 8. The summed E-state index contributed by atoms with van der Waals surface area (Å²) in [6, 6.07) is -3.96. The number of ketones is 3. The van der Waals surface area contributed by atoms with Crippen LogP contribution in [-0.2, 0) is 38.4 Å². The Kier molecular flexibility index (Phi) is 17.8. The van der Waals surface area contributed by atoms with Gasteiger partial charge in [0.2, 0.25) is 5.91 Å². The number of amides is 4. The highest BCUT2D eigenvalue weighted by Gasteiger charge is 2.42. The Hall–Kier alpha value is -4.22. The van der Waals surface area contributed by atoms with Crippen molar-refractivity contribution in [2.45, 2.75) is 94.3 Å². The molecule has 0 aromatic carbocycles. The topological polar surface area (TPSA) is 286 Å². The highest BCUT2D eigenvalue weighted by Crippen LogP contribution is 2.16. The molecule has 0 bridgehead atoms. The maximum atomic E-state index is 12.5. The second kappa shape index (κ2) is 19.6. The van der Waals surface area contributed by atoms with Crippen LogP contribution in [0.25, 0.3) is 0 Å². The second-order valence-corrected chi connectivity index (χ2v) is 10.1. The van der Waals surface area contributed by atoms with Crippen LogP contribution < -0.4 is 21.3 Å². The Balaban J connectivity index is 4.84.